The molecule has 0 bridgehead atoms. The molecule has 0 aliphatic carbocycles. The third-order valence-corrected chi connectivity index (χ3v) is 2.08. The summed E-state index contributed by atoms with van der Waals surface area (Å²) in [6.45, 7) is 6.31. The molecule has 1 atom stereocenters. The summed E-state index contributed by atoms with van der Waals surface area (Å²) in [7, 11) is 0. The normalized spacial score (nSPS) is 13.0. The average Bonchev–Trinajstić information content (AvgIpc) is 2.00. The van der Waals surface area contributed by atoms with Crippen molar-refractivity contribution in [3.8, 4) is 0 Å². The molecule has 0 aromatic rings. The minimum atomic E-state index is 0.347. The average molecular weight is 156 g/mol. The van der Waals surface area contributed by atoms with Crippen molar-refractivity contribution >= 4 is 5.78 Å². The highest BCUT2D eigenvalue weighted by atomic mass is 16.1. The molecule has 11 heavy (non-hydrogen) atoms. The molecule has 0 aliphatic rings. The molecule has 0 heterocycles. The van der Waals surface area contributed by atoms with Crippen molar-refractivity contribution in [2.24, 2.45) is 5.92 Å². The second-order valence-electron chi connectivity index (χ2n) is 3.11. The molecule has 0 N–H and O–H groups in total. The van der Waals surface area contributed by atoms with Crippen LogP contribution in [0.2, 0.25) is 0 Å². The predicted molar refractivity (Wildman–Crippen MR) is 48.6 cm³/mol. The lowest BCUT2D eigenvalue weighted by Gasteiger charge is -2.10. The Balaban J connectivity index is 3.71. The molecule has 1 nitrogen and oxygen atoms in total. The Labute approximate surface area is 70.2 Å². The molecular weight excluding hydrogens is 136 g/mol. The second kappa shape index (κ2) is 6.38. The zero-order valence-electron chi connectivity index (χ0n) is 8.02. The van der Waals surface area contributed by atoms with Gasteiger partial charge in [-0.1, -0.05) is 27.2 Å². The number of carbonyl (C=O) groups is 1. The van der Waals surface area contributed by atoms with Crippen molar-refractivity contribution in [3.63, 3.8) is 0 Å². The first-order valence-corrected chi connectivity index (χ1v) is 4.78. The minimum absolute atomic E-state index is 0.347. The third-order valence-electron chi connectivity index (χ3n) is 2.08. The highest BCUT2D eigenvalue weighted by Gasteiger charge is 2.13. The largest absolute Gasteiger partial charge is 0.299 e. The Hall–Kier alpha value is -0.330. The van der Waals surface area contributed by atoms with E-state index in [1.54, 1.807) is 0 Å². The van der Waals surface area contributed by atoms with Gasteiger partial charge in [0.05, 0.1) is 0 Å². The smallest absolute Gasteiger partial charge is 0.135 e. The van der Waals surface area contributed by atoms with E-state index < -0.39 is 0 Å². The monoisotopic (exact) mass is 156 g/mol. The Morgan fingerprint density at radius 1 is 1.18 bits per heavy atom. The van der Waals surface area contributed by atoms with Crippen molar-refractivity contribution in [3.05, 3.63) is 0 Å². The zero-order valence-corrected chi connectivity index (χ0v) is 8.02. The van der Waals surface area contributed by atoms with Gasteiger partial charge in [0.2, 0.25) is 0 Å². The standard InChI is InChI=1S/C10H20O/c1-4-7-9(6-3)10(11)8-5-2/h9H,4-8H2,1-3H3/t9-/m0/s1. The van der Waals surface area contributed by atoms with Crippen molar-refractivity contribution in [1.82, 2.24) is 0 Å². The molecule has 0 aliphatic heterocycles. The molecule has 0 rings (SSSR count). The van der Waals surface area contributed by atoms with Gasteiger partial charge in [0.15, 0.2) is 0 Å². The van der Waals surface area contributed by atoms with Crippen LogP contribution in [0.25, 0.3) is 0 Å². The number of hydrogen-bond donors (Lipinski definition) is 0. The number of carbonyl (C=O) groups excluding carboxylic acids is 1. The highest BCUT2D eigenvalue weighted by molar-refractivity contribution is 5.80. The van der Waals surface area contributed by atoms with E-state index in [0.717, 1.165) is 32.1 Å². The van der Waals surface area contributed by atoms with Gasteiger partial charge in [-0.3, -0.25) is 4.79 Å². The van der Waals surface area contributed by atoms with Crippen LogP contribution in [0.15, 0.2) is 0 Å². The maximum absolute atomic E-state index is 11.4. The lowest BCUT2D eigenvalue weighted by atomic mass is 9.93. The molecule has 66 valence electrons. The van der Waals surface area contributed by atoms with E-state index in [1.807, 2.05) is 0 Å². The molecule has 1 heteroatoms. The Morgan fingerprint density at radius 3 is 2.18 bits per heavy atom. The van der Waals surface area contributed by atoms with E-state index >= 15 is 0 Å². The quantitative estimate of drug-likeness (QED) is 0.577. The first-order chi connectivity index (χ1) is 5.26. The Morgan fingerprint density at radius 2 is 1.82 bits per heavy atom. The molecule has 0 saturated heterocycles. The molecule has 0 aromatic heterocycles. The van der Waals surface area contributed by atoms with Gasteiger partial charge in [-0.2, -0.15) is 0 Å². The molecule has 0 radical (unpaired) electrons. The van der Waals surface area contributed by atoms with Gasteiger partial charge in [0.25, 0.3) is 0 Å². The topological polar surface area (TPSA) is 17.1 Å². The molecule has 0 aromatic carbocycles. The summed E-state index contributed by atoms with van der Waals surface area (Å²) in [6.07, 6.45) is 5.01. The minimum Gasteiger partial charge on any atom is -0.299 e. The van der Waals surface area contributed by atoms with Crippen LogP contribution in [0.5, 0.6) is 0 Å². The van der Waals surface area contributed by atoms with Gasteiger partial charge in [0, 0.05) is 12.3 Å². The van der Waals surface area contributed by atoms with Gasteiger partial charge in [-0.25, -0.2) is 0 Å². The van der Waals surface area contributed by atoms with E-state index in [4.69, 9.17) is 0 Å². The summed E-state index contributed by atoms with van der Waals surface area (Å²) in [4.78, 5) is 11.4. The summed E-state index contributed by atoms with van der Waals surface area (Å²) in [5.41, 5.74) is 0. The van der Waals surface area contributed by atoms with E-state index in [2.05, 4.69) is 20.8 Å². The van der Waals surface area contributed by atoms with Crippen LogP contribution in [0.1, 0.15) is 52.9 Å². The van der Waals surface area contributed by atoms with Gasteiger partial charge in [0.1, 0.15) is 5.78 Å². The van der Waals surface area contributed by atoms with E-state index in [-0.39, 0.29) is 0 Å². The first kappa shape index (κ1) is 10.7. The highest BCUT2D eigenvalue weighted by Crippen LogP contribution is 2.14. The lowest BCUT2D eigenvalue weighted by Crippen LogP contribution is -2.12. The fraction of sp³-hybridized carbons (Fsp3) is 0.900. The van der Waals surface area contributed by atoms with E-state index in [0.29, 0.717) is 11.7 Å². The van der Waals surface area contributed by atoms with Crippen LogP contribution in [0, 0.1) is 5.92 Å². The predicted octanol–water partition coefficient (Wildman–Crippen LogP) is 3.18. The lowest BCUT2D eigenvalue weighted by molar-refractivity contribution is -0.123. The maximum Gasteiger partial charge on any atom is 0.135 e. The van der Waals surface area contributed by atoms with Gasteiger partial charge < -0.3 is 0 Å². The number of ketones is 1. The summed E-state index contributed by atoms with van der Waals surface area (Å²) < 4.78 is 0. The molecular formula is C10H20O. The van der Waals surface area contributed by atoms with Gasteiger partial charge in [-0.05, 0) is 19.3 Å². The summed E-state index contributed by atoms with van der Waals surface area (Å²) in [6, 6.07) is 0. The van der Waals surface area contributed by atoms with Gasteiger partial charge >= 0.3 is 0 Å². The molecule has 0 amide bonds. The summed E-state index contributed by atoms with van der Waals surface area (Å²) in [5, 5.41) is 0. The number of hydrogen-bond acceptors (Lipinski definition) is 1. The molecule has 0 saturated carbocycles. The number of Topliss-reactive ketones (excluding diaryl/α,β-unsaturated/α-hetero) is 1. The van der Waals surface area contributed by atoms with Crippen molar-refractivity contribution in [2.45, 2.75) is 52.9 Å². The van der Waals surface area contributed by atoms with Crippen LogP contribution in [-0.4, -0.2) is 5.78 Å². The summed E-state index contributed by atoms with van der Waals surface area (Å²) >= 11 is 0. The SMILES string of the molecule is CCCC(=O)[C@@H](CC)CCC. The number of rotatable bonds is 6. The van der Waals surface area contributed by atoms with Crippen molar-refractivity contribution in [2.75, 3.05) is 0 Å². The zero-order chi connectivity index (χ0) is 8.69. The second-order valence-corrected chi connectivity index (χ2v) is 3.11. The van der Waals surface area contributed by atoms with Crippen molar-refractivity contribution in [1.29, 1.82) is 0 Å². The molecule has 0 fully saturated rings. The third kappa shape index (κ3) is 4.18. The first-order valence-electron chi connectivity index (χ1n) is 4.78. The fourth-order valence-corrected chi connectivity index (χ4v) is 1.39. The Bertz CT molecular complexity index is 107. The van der Waals surface area contributed by atoms with Crippen LogP contribution >= 0.6 is 0 Å². The van der Waals surface area contributed by atoms with E-state index in [9.17, 15) is 4.79 Å². The summed E-state index contributed by atoms with van der Waals surface area (Å²) in [5.74, 6) is 0.816. The van der Waals surface area contributed by atoms with Gasteiger partial charge in [-0.15, -0.1) is 0 Å². The van der Waals surface area contributed by atoms with Crippen LogP contribution in [0.3, 0.4) is 0 Å². The van der Waals surface area contributed by atoms with Crippen LogP contribution < -0.4 is 0 Å². The fourth-order valence-electron chi connectivity index (χ4n) is 1.39. The Kier molecular flexibility index (Phi) is 6.19. The van der Waals surface area contributed by atoms with Crippen LogP contribution in [0.4, 0.5) is 0 Å². The van der Waals surface area contributed by atoms with Crippen molar-refractivity contribution < 1.29 is 4.79 Å². The van der Waals surface area contributed by atoms with E-state index in [1.165, 1.54) is 0 Å². The maximum atomic E-state index is 11.4. The molecule has 0 unspecified atom stereocenters. The molecule has 0 spiro atoms. The van der Waals surface area contributed by atoms with Crippen LogP contribution in [-0.2, 0) is 4.79 Å².